The van der Waals surface area contributed by atoms with Gasteiger partial charge in [-0.25, -0.2) is 9.07 Å². The summed E-state index contributed by atoms with van der Waals surface area (Å²) in [5, 5.41) is 7.73. The molecule has 2 aromatic heterocycles. The molecule has 0 spiro atoms. The first-order valence-corrected chi connectivity index (χ1v) is 8.69. The molecule has 2 aliphatic rings. The molecule has 5 rings (SSSR count). The molecule has 134 valence electrons. The molecule has 1 aliphatic carbocycles. The van der Waals surface area contributed by atoms with Gasteiger partial charge in [-0.1, -0.05) is 0 Å². The third-order valence-electron chi connectivity index (χ3n) is 5.01. The molecule has 3 aromatic rings. The van der Waals surface area contributed by atoms with Gasteiger partial charge in [0.05, 0.1) is 24.9 Å². The smallest absolute Gasteiger partial charge is 0.296 e. The molecular formula is C18H17FN4O3. The predicted octanol–water partition coefficient (Wildman–Crippen LogP) is 2.06. The molecule has 26 heavy (non-hydrogen) atoms. The zero-order valence-corrected chi connectivity index (χ0v) is 13.9. The Labute approximate surface area is 147 Å². The highest BCUT2D eigenvalue weighted by Gasteiger charge is 2.33. The van der Waals surface area contributed by atoms with Crippen molar-refractivity contribution >= 4 is 17.1 Å². The summed E-state index contributed by atoms with van der Waals surface area (Å²) >= 11 is 0. The minimum absolute atomic E-state index is 0.118. The van der Waals surface area contributed by atoms with Crippen LogP contribution in [0.1, 0.15) is 23.7 Å². The number of aromatic nitrogens is 3. The summed E-state index contributed by atoms with van der Waals surface area (Å²) < 4.78 is 26.0. The largest absolute Gasteiger partial charge is 0.423 e. The van der Waals surface area contributed by atoms with E-state index in [9.17, 15) is 9.18 Å². The number of ether oxygens (including phenoxy) is 1. The van der Waals surface area contributed by atoms with E-state index in [1.165, 1.54) is 16.8 Å². The van der Waals surface area contributed by atoms with E-state index in [1.54, 1.807) is 12.1 Å². The minimum atomic E-state index is -0.379. The van der Waals surface area contributed by atoms with Crippen molar-refractivity contribution in [2.75, 3.05) is 18.5 Å². The van der Waals surface area contributed by atoms with Crippen molar-refractivity contribution in [3.05, 3.63) is 51.7 Å². The van der Waals surface area contributed by atoms with Gasteiger partial charge >= 0.3 is 0 Å². The third-order valence-corrected chi connectivity index (χ3v) is 5.01. The number of halogens is 1. The van der Waals surface area contributed by atoms with Crippen LogP contribution in [0.25, 0.3) is 11.1 Å². The molecule has 0 saturated carbocycles. The first kappa shape index (κ1) is 15.5. The predicted molar refractivity (Wildman–Crippen MR) is 91.8 cm³/mol. The van der Waals surface area contributed by atoms with Gasteiger partial charge in [-0.05, 0) is 37.0 Å². The maximum atomic E-state index is 13.3. The van der Waals surface area contributed by atoms with Crippen molar-refractivity contribution in [3.8, 4) is 0 Å². The Hall–Kier alpha value is -2.74. The van der Waals surface area contributed by atoms with Gasteiger partial charge in [0.25, 0.3) is 11.6 Å². The van der Waals surface area contributed by atoms with Gasteiger partial charge in [-0.15, -0.1) is 0 Å². The van der Waals surface area contributed by atoms with Gasteiger partial charge in [0.15, 0.2) is 5.58 Å². The molecule has 7 nitrogen and oxygen atoms in total. The summed E-state index contributed by atoms with van der Waals surface area (Å²) in [5.74, 6) is -0.379. The number of oxazole rings is 1. The maximum Gasteiger partial charge on any atom is 0.296 e. The molecule has 0 radical (unpaired) electrons. The molecule has 0 bridgehead atoms. The average molecular weight is 356 g/mol. The Morgan fingerprint density at radius 3 is 3.08 bits per heavy atom. The number of hydrogen-bond donors (Lipinski definition) is 1. The molecule has 2 atom stereocenters. The number of benzene rings is 1. The summed E-state index contributed by atoms with van der Waals surface area (Å²) in [5.41, 5.74) is 2.86. The van der Waals surface area contributed by atoms with Crippen molar-refractivity contribution < 1.29 is 13.5 Å². The first-order valence-electron chi connectivity index (χ1n) is 8.69. The summed E-state index contributed by atoms with van der Waals surface area (Å²) in [6.07, 6.45) is 2.85. The molecule has 1 saturated heterocycles. The Morgan fingerprint density at radius 2 is 2.15 bits per heavy atom. The van der Waals surface area contributed by atoms with Crippen LogP contribution in [-0.4, -0.2) is 34.0 Å². The minimum Gasteiger partial charge on any atom is -0.423 e. The van der Waals surface area contributed by atoms with Crippen molar-refractivity contribution in [3.63, 3.8) is 0 Å². The molecule has 2 unspecified atom stereocenters. The Morgan fingerprint density at radius 1 is 1.23 bits per heavy atom. The van der Waals surface area contributed by atoms with E-state index in [-0.39, 0.29) is 29.5 Å². The van der Waals surface area contributed by atoms with E-state index in [0.717, 1.165) is 30.5 Å². The van der Waals surface area contributed by atoms with E-state index in [1.807, 2.05) is 0 Å². The van der Waals surface area contributed by atoms with Crippen LogP contribution in [0, 0.1) is 5.82 Å². The lowest BCUT2D eigenvalue weighted by Gasteiger charge is -2.19. The summed E-state index contributed by atoms with van der Waals surface area (Å²) in [6.45, 7) is 0.793. The topological polar surface area (TPSA) is 82.2 Å². The molecule has 8 heteroatoms. The van der Waals surface area contributed by atoms with Gasteiger partial charge in [-0.3, -0.25) is 4.79 Å². The molecule has 1 fully saturated rings. The van der Waals surface area contributed by atoms with Crippen LogP contribution in [0.3, 0.4) is 0 Å². The van der Waals surface area contributed by atoms with E-state index >= 15 is 0 Å². The van der Waals surface area contributed by atoms with Gasteiger partial charge < -0.3 is 14.5 Å². The Balaban J connectivity index is 1.44. The lowest BCUT2D eigenvalue weighted by molar-refractivity contribution is 0.182. The van der Waals surface area contributed by atoms with Crippen LogP contribution >= 0.6 is 0 Å². The van der Waals surface area contributed by atoms with Gasteiger partial charge in [0.2, 0.25) is 0 Å². The van der Waals surface area contributed by atoms with Crippen molar-refractivity contribution in [1.82, 2.24) is 14.8 Å². The number of aryl methyl sites for hydroxylation is 2. The van der Waals surface area contributed by atoms with Crippen LogP contribution in [0.4, 0.5) is 10.4 Å². The fourth-order valence-electron chi connectivity index (χ4n) is 3.69. The molecule has 1 N–H and O–H groups in total. The summed E-state index contributed by atoms with van der Waals surface area (Å²) in [6, 6.07) is 5.70. The molecule has 1 aromatic carbocycles. The second-order valence-electron chi connectivity index (χ2n) is 6.74. The zero-order chi connectivity index (χ0) is 17.7. The Bertz CT molecular complexity index is 1040. The van der Waals surface area contributed by atoms with Crippen LogP contribution in [0.2, 0.25) is 0 Å². The number of hydrogen-bond acceptors (Lipinski definition) is 6. The zero-order valence-electron chi connectivity index (χ0n) is 13.9. The molecular weight excluding hydrogens is 339 g/mol. The second kappa shape index (κ2) is 5.91. The quantitative estimate of drug-likeness (QED) is 0.774. The van der Waals surface area contributed by atoms with Crippen molar-refractivity contribution in [2.45, 2.75) is 31.3 Å². The second-order valence-corrected chi connectivity index (χ2v) is 6.74. The number of rotatable bonds is 3. The average Bonchev–Trinajstić information content (AvgIpc) is 3.33. The van der Waals surface area contributed by atoms with Gasteiger partial charge in [0.1, 0.15) is 17.4 Å². The molecule has 1 aliphatic heterocycles. The number of fused-ring (bicyclic) bond motifs is 2. The summed E-state index contributed by atoms with van der Waals surface area (Å²) in [4.78, 5) is 16.8. The van der Waals surface area contributed by atoms with Crippen LogP contribution in [0.5, 0.6) is 0 Å². The Kier molecular flexibility index (Phi) is 3.53. The molecule has 3 heterocycles. The van der Waals surface area contributed by atoms with E-state index < -0.39 is 0 Å². The highest BCUT2D eigenvalue weighted by Crippen LogP contribution is 2.26. The van der Waals surface area contributed by atoms with E-state index in [0.29, 0.717) is 24.3 Å². The fraction of sp³-hybridized carbons (Fsp3) is 0.389. The van der Waals surface area contributed by atoms with Gasteiger partial charge in [-0.2, -0.15) is 10.1 Å². The van der Waals surface area contributed by atoms with Gasteiger partial charge in [0, 0.05) is 12.1 Å². The van der Waals surface area contributed by atoms with Crippen LogP contribution < -0.4 is 10.9 Å². The lowest BCUT2D eigenvalue weighted by Crippen LogP contribution is -2.37. The number of nitrogens with one attached hydrogen (secondary N) is 1. The van der Waals surface area contributed by atoms with E-state index in [2.05, 4.69) is 15.4 Å². The highest BCUT2D eigenvalue weighted by molar-refractivity contribution is 5.74. The number of nitrogens with zero attached hydrogens (tertiary/aromatic N) is 3. The lowest BCUT2D eigenvalue weighted by atomic mass is 10.1. The monoisotopic (exact) mass is 356 g/mol. The van der Waals surface area contributed by atoms with Crippen molar-refractivity contribution in [2.24, 2.45) is 0 Å². The van der Waals surface area contributed by atoms with Crippen LogP contribution in [0.15, 0.2) is 33.5 Å². The van der Waals surface area contributed by atoms with Crippen molar-refractivity contribution in [1.29, 1.82) is 0 Å². The standard InChI is InChI=1S/C18H17FN4O3/c19-11-4-5-13-16(7-11)26-18(20-13)21-14-8-25-9-15(14)23-17(24)6-10-2-1-3-12(10)22-23/h4-7,14-15H,1-3,8-9H2,(H,20,21). The van der Waals surface area contributed by atoms with Crippen LogP contribution in [-0.2, 0) is 17.6 Å². The number of anilines is 1. The third kappa shape index (κ3) is 2.57. The van der Waals surface area contributed by atoms with E-state index in [4.69, 9.17) is 9.15 Å². The summed E-state index contributed by atoms with van der Waals surface area (Å²) in [7, 11) is 0. The maximum absolute atomic E-state index is 13.3. The fourth-order valence-corrected chi connectivity index (χ4v) is 3.69. The normalized spacial score (nSPS) is 22.0. The SMILES string of the molecule is O=c1cc2c(nn1C1COCC1Nc1nc3ccc(F)cc3o1)CCC2. The molecule has 0 amide bonds. The highest BCUT2D eigenvalue weighted by atomic mass is 19.1. The first-order chi connectivity index (χ1) is 12.7.